The number of rotatable bonds is 5. The highest BCUT2D eigenvalue weighted by Gasteiger charge is 2.12. The Hall–Kier alpha value is -3.21. The fourth-order valence-corrected chi connectivity index (χ4v) is 2.60. The van der Waals surface area contributed by atoms with E-state index in [-0.39, 0.29) is 0 Å². The molecule has 0 aliphatic carbocycles. The van der Waals surface area contributed by atoms with E-state index >= 15 is 0 Å². The molecular weight excluding hydrogens is 300 g/mol. The summed E-state index contributed by atoms with van der Waals surface area (Å²) in [7, 11) is 0. The summed E-state index contributed by atoms with van der Waals surface area (Å²) < 4.78 is 7.74. The van der Waals surface area contributed by atoms with Crippen molar-refractivity contribution in [1.29, 1.82) is 0 Å². The van der Waals surface area contributed by atoms with Gasteiger partial charge in [0.15, 0.2) is 5.82 Å². The Labute approximate surface area is 139 Å². The van der Waals surface area contributed by atoms with Crippen LogP contribution in [0.4, 0.5) is 0 Å². The van der Waals surface area contributed by atoms with Gasteiger partial charge in [0, 0.05) is 24.4 Å². The number of ether oxygens (including phenoxy) is 1. The minimum atomic E-state index is 0.503. The summed E-state index contributed by atoms with van der Waals surface area (Å²) in [5.41, 5.74) is 2.87. The van der Waals surface area contributed by atoms with E-state index in [1.807, 2.05) is 59.1 Å². The van der Waals surface area contributed by atoms with E-state index in [9.17, 15) is 0 Å². The number of hydrogen-bond donors (Lipinski definition) is 0. The van der Waals surface area contributed by atoms with Crippen molar-refractivity contribution in [2.45, 2.75) is 6.42 Å². The molecule has 118 valence electrons. The van der Waals surface area contributed by atoms with Crippen LogP contribution >= 0.6 is 0 Å². The van der Waals surface area contributed by atoms with Crippen LogP contribution in [-0.2, 0) is 6.42 Å². The lowest BCUT2D eigenvalue weighted by atomic mass is 10.2. The highest BCUT2D eigenvalue weighted by Crippen LogP contribution is 2.21. The van der Waals surface area contributed by atoms with Crippen molar-refractivity contribution in [3.05, 3.63) is 78.6 Å². The molecule has 0 aliphatic heterocycles. The molecule has 0 spiro atoms. The van der Waals surface area contributed by atoms with Crippen LogP contribution in [0.15, 0.2) is 73.1 Å². The van der Waals surface area contributed by atoms with Crippen LogP contribution in [-0.4, -0.2) is 26.2 Å². The van der Waals surface area contributed by atoms with Gasteiger partial charge in [-0.2, -0.15) is 0 Å². The molecule has 0 atom stereocenters. The minimum absolute atomic E-state index is 0.503. The Kier molecular flexibility index (Phi) is 3.90. The zero-order valence-electron chi connectivity index (χ0n) is 13.0. The first-order valence-corrected chi connectivity index (χ1v) is 7.84. The highest BCUT2D eigenvalue weighted by atomic mass is 16.5. The number of nitrogens with zero attached hydrogens (tertiary/aromatic N) is 4. The standard InChI is InChI=1S/C19H16N4O/c1-3-7-15(8-4-1)11-14-24-19-18-22-21-17(23(18)13-12-20-19)16-9-5-2-6-10-16/h1-10,12-13H,11,14H2. The van der Waals surface area contributed by atoms with Crippen LogP contribution in [0.25, 0.3) is 17.0 Å². The lowest BCUT2D eigenvalue weighted by Gasteiger charge is -2.06. The van der Waals surface area contributed by atoms with Crippen LogP contribution in [0.5, 0.6) is 5.88 Å². The molecule has 5 heteroatoms. The fraction of sp³-hybridized carbons (Fsp3) is 0.105. The third kappa shape index (κ3) is 2.84. The second kappa shape index (κ2) is 6.50. The zero-order valence-corrected chi connectivity index (χ0v) is 13.0. The monoisotopic (exact) mass is 316 g/mol. The highest BCUT2D eigenvalue weighted by molar-refractivity contribution is 5.61. The van der Waals surface area contributed by atoms with Crippen LogP contribution in [0.3, 0.4) is 0 Å². The molecule has 2 aromatic heterocycles. The summed E-state index contributed by atoms with van der Waals surface area (Å²) in [5, 5.41) is 8.53. The topological polar surface area (TPSA) is 52.3 Å². The fourth-order valence-electron chi connectivity index (χ4n) is 2.60. The first-order chi connectivity index (χ1) is 11.9. The molecule has 2 aromatic carbocycles. The van der Waals surface area contributed by atoms with Crippen molar-refractivity contribution in [2.75, 3.05) is 6.61 Å². The maximum Gasteiger partial charge on any atom is 0.260 e. The van der Waals surface area contributed by atoms with Crippen molar-refractivity contribution < 1.29 is 4.74 Å². The molecule has 0 N–H and O–H groups in total. The van der Waals surface area contributed by atoms with E-state index in [1.165, 1.54) is 5.56 Å². The van der Waals surface area contributed by atoms with Gasteiger partial charge in [0.1, 0.15) is 0 Å². The van der Waals surface area contributed by atoms with Gasteiger partial charge in [-0.05, 0) is 5.56 Å². The third-order valence-electron chi connectivity index (χ3n) is 3.80. The summed E-state index contributed by atoms with van der Waals surface area (Å²) in [6.45, 7) is 0.546. The van der Waals surface area contributed by atoms with Crippen LogP contribution in [0.1, 0.15) is 5.56 Å². The Morgan fingerprint density at radius 1 is 0.875 bits per heavy atom. The van der Waals surface area contributed by atoms with E-state index < -0.39 is 0 Å². The molecule has 0 radical (unpaired) electrons. The molecule has 0 aliphatic rings. The van der Waals surface area contributed by atoms with Crippen LogP contribution < -0.4 is 4.74 Å². The molecule has 0 unspecified atom stereocenters. The molecule has 0 saturated heterocycles. The van der Waals surface area contributed by atoms with Crippen LogP contribution in [0, 0.1) is 0 Å². The first-order valence-electron chi connectivity index (χ1n) is 7.84. The van der Waals surface area contributed by atoms with Gasteiger partial charge < -0.3 is 4.74 Å². The number of hydrogen-bond acceptors (Lipinski definition) is 4. The van der Waals surface area contributed by atoms with Gasteiger partial charge in [0.05, 0.1) is 6.61 Å². The average molecular weight is 316 g/mol. The van der Waals surface area contributed by atoms with E-state index in [0.29, 0.717) is 18.1 Å². The van der Waals surface area contributed by atoms with Crippen molar-refractivity contribution >= 4 is 5.65 Å². The van der Waals surface area contributed by atoms with E-state index in [4.69, 9.17) is 4.74 Å². The molecule has 5 nitrogen and oxygen atoms in total. The predicted octanol–water partition coefficient (Wildman–Crippen LogP) is 3.41. The molecule has 2 heterocycles. The molecule has 24 heavy (non-hydrogen) atoms. The molecule has 4 aromatic rings. The molecule has 0 amide bonds. The number of fused-ring (bicyclic) bond motifs is 1. The van der Waals surface area contributed by atoms with Gasteiger partial charge in [-0.15, -0.1) is 10.2 Å². The second-order valence-corrected chi connectivity index (χ2v) is 5.40. The molecule has 0 bridgehead atoms. The Morgan fingerprint density at radius 3 is 2.42 bits per heavy atom. The first kappa shape index (κ1) is 14.4. The van der Waals surface area contributed by atoms with Gasteiger partial charge in [-0.25, -0.2) is 4.98 Å². The van der Waals surface area contributed by atoms with E-state index in [0.717, 1.165) is 17.8 Å². The summed E-state index contributed by atoms with van der Waals surface area (Å²) in [4.78, 5) is 4.30. The molecule has 4 rings (SSSR count). The lowest BCUT2D eigenvalue weighted by molar-refractivity contribution is 0.311. The quantitative estimate of drug-likeness (QED) is 0.566. The minimum Gasteiger partial charge on any atom is -0.475 e. The third-order valence-corrected chi connectivity index (χ3v) is 3.80. The smallest absolute Gasteiger partial charge is 0.260 e. The second-order valence-electron chi connectivity index (χ2n) is 5.40. The van der Waals surface area contributed by atoms with Gasteiger partial charge >= 0.3 is 0 Å². The largest absolute Gasteiger partial charge is 0.475 e. The van der Waals surface area contributed by atoms with E-state index in [1.54, 1.807) is 6.20 Å². The maximum absolute atomic E-state index is 5.84. The van der Waals surface area contributed by atoms with Crippen molar-refractivity contribution in [1.82, 2.24) is 19.6 Å². The number of aromatic nitrogens is 4. The molecular formula is C19H16N4O. The summed E-state index contributed by atoms with van der Waals surface area (Å²) in [5.74, 6) is 1.28. The molecule has 0 fully saturated rings. The summed E-state index contributed by atoms with van der Waals surface area (Å²) >= 11 is 0. The maximum atomic E-state index is 5.84. The predicted molar refractivity (Wildman–Crippen MR) is 91.9 cm³/mol. The van der Waals surface area contributed by atoms with Crippen molar-refractivity contribution in [3.63, 3.8) is 0 Å². The van der Waals surface area contributed by atoms with Gasteiger partial charge in [-0.1, -0.05) is 60.7 Å². The Morgan fingerprint density at radius 2 is 1.62 bits per heavy atom. The normalized spacial score (nSPS) is 10.8. The van der Waals surface area contributed by atoms with Gasteiger partial charge in [0.2, 0.25) is 5.65 Å². The lowest BCUT2D eigenvalue weighted by Crippen LogP contribution is -2.04. The number of benzene rings is 2. The molecule has 0 saturated carbocycles. The van der Waals surface area contributed by atoms with Crippen molar-refractivity contribution in [3.8, 4) is 17.3 Å². The Bertz CT molecular complexity index is 935. The van der Waals surface area contributed by atoms with Gasteiger partial charge in [0.25, 0.3) is 5.88 Å². The summed E-state index contributed by atoms with van der Waals surface area (Å²) in [6.07, 6.45) is 4.38. The SMILES string of the molecule is c1ccc(CCOc2nccn3c(-c4ccccc4)nnc23)cc1. The van der Waals surface area contributed by atoms with E-state index in [2.05, 4.69) is 27.3 Å². The average Bonchev–Trinajstić information content (AvgIpc) is 3.08. The van der Waals surface area contributed by atoms with Crippen molar-refractivity contribution in [2.24, 2.45) is 0 Å². The van der Waals surface area contributed by atoms with Gasteiger partial charge in [-0.3, -0.25) is 4.40 Å². The van der Waals surface area contributed by atoms with Crippen LogP contribution in [0.2, 0.25) is 0 Å². The Balaban J connectivity index is 1.57. The zero-order chi connectivity index (χ0) is 16.2. The summed E-state index contributed by atoms with van der Waals surface area (Å²) in [6, 6.07) is 20.2.